The van der Waals surface area contributed by atoms with Crippen LogP contribution < -0.4 is 9.80 Å². The van der Waals surface area contributed by atoms with Crippen LogP contribution in [0.1, 0.15) is 12.8 Å². The van der Waals surface area contributed by atoms with Crippen molar-refractivity contribution in [1.82, 2.24) is 14.9 Å². The standard InChI is InChI=1S/C19H23N5OS/c1-22-10-6-15(7-11-22)25-19(26)24-13-12-23(18-14-20-8-9-21-18)16-4-2-3-5-17(16)24/h2-5,8-9,14-15H,6-7,10-13H2,1H3. The van der Waals surface area contributed by atoms with Gasteiger partial charge in [-0.05, 0) is 44.2 Å². The molecule has 1 aromatic heterocycles. The molecule has 0 N–H and O–H groups in total. The molecule has 0 atom stereocenters. The monoisotopic (exact) mass is 369 g/mol. The maximum atomic E-state index is 6.16. The minimum absolute atomic E-state index is 0.212. The van der Waals surface area contributed by atoms with Crippen molar-refractivity contribution in [1.29, 1.82) is 0 Å². The van der Waals surface area contributed by atoms with Crippen molar-refractivity contribution >= 4 is 34.6 Å². The Kier molecular flexibility index (Phi) is 4.99. The lowest BCUT2D eigenvalue weighted by atomic mass is 10.1. The minimum Gasteiger partial charge on any atom is -0.467 e. The number of hydrogen-bond donors (Lipinski definition) is 0. The second kappa shape index (κ2) is 7.55. The Hall–Kier alpha value is -2.25. The van der Waals surface area contributed by atoms with Crippen molar-refractivity contribution in [2.75, 3.05) is 43.0 Å². The Morgan fingerprint density at radius 1 is 1.08 bits per heavy atom. The molecule has 4 rings (SSSR count). The normalized spacial score (nSPS) is 18.5. The van der Waals surface area contributed by atoms with E-state index < -0.39 is 0 Å². The van der Waals surface area contributed by atoms with E-state index in [4.69, 9.17) is 17.0 Å². The topological polar surface area (TPSA) is 44.7 Å². The van der Waals surface area contributed by atoms with Crippen LogP contribution in [0.4, 0.5) is 17.2 Å². The first-order valence-electron chi connectivity index (χ1n) is 9.01. The Morgan fingerprint density at radius 2 is 1.85 bits per heavy atom. The van der Waals surface area contributed by atoms with Gasteiger partial charge in [0.2, 0.25) is 0 Å². The molecule has 2 aliphatic heterocycles. The third-order valence-electron chi connectivity index (χ3n) is 4.99. The summed E-state index contributed by atoms with van der Waals surface area (Å²) in [5.41, 5.74) is 2.14. The highest BCUT2D eigenvalue weighted by atomic mass is 32.1. The van der Waals surface area contributed by atoms with Gasteiger partial charge in [-0.25, -0.2) is 4.98 Å². The van der Waals surface area contributed by atoms with Gasteiger partial charge in [0.25, 0.3) is 5.17 Å². The Bertz CT molecular complexity index is 764. The highest BCUT2D eigenvalue weighted by Gasteiger charge is 2.29. The number of piperidine rings is 1. The highest BCUT2D eigenvalue weighted by Crippen LogP contribution is 2.37. The molecular weight excluding hydrogens is 346 g/mol. The van der Waals surface area contributed by atoms with E-state index >= 15 is 0 Å². The van der Waals surface area contributed by atoms with Crippen molar-refractivity contribution in [3.05, 3.63) is 42.9 Å². The molecule has 7 heteroatoms. The van der Waals surface area contributed by atoms with Crippen LogP contribution in [0, 0.1) is 0 Å². The van der Waals surface area contributed by atoms with Gasteiger partial charge in [-0.15, -0.1) is 0 Å². The van der Waals surface area contributed by atoms with E-state index in [0.29, 0.717) is 5.17 Å². The maximum absolute atomic E-state index is 6.16. The Balaban J connectivity index is 1.53. The number of anilines is 3. The van der Waals surface area contributed by atoms with Crippen molar-refractivity contribution in [3.63, 3.8) is 0 Å². The summed E-state index contributed by atoms with van der Waals surface area (Å²) in [5, 5.41) is 0.575. The number of aromatic nitrogens is 2. The largest absolute Gasteiger partial charge is 0.467 e. The molecule has 6 nitrogen and oxygen atoms in total. The number of para-hydroxylation sites is 2. The average Bonchev–Trinajstić information content (AvgIpc) is 2.69. The number of fused-ring (bicyclic) bond motifs is 1. The van der Waals surface area contributed by atoms with Crippen LogP contribution in [0.25, 0.3) is 0 Å². The van der Waals surface area contributed by atoms with Crippen LogP contribution in [0.3, 0.4) is 0 Å². The third-order valence-corrected chi connectivity index (χ3v) is 5.31. The van der Waals surface area contributed by atoms with Gasteiger partial charge in [0, 0.05) is 38.6 Å². The van der Waals surface area contributed by atoms with Crippen LogP contribution in [0.2, 0.25) is 0 Å². The van der Waals surface area contributed by atoms with Gasteiger partial charge >= 0.3 is 0 Å². The molecule has 26 heavy (non-hydrogen) atoms. The molecule has 2 aromatic rings. The fourth-order valence-corrected chi connectivity index (χ4v) is 3.85. The Labute approximate surface area is 159 Å². The van der Waals surface area contributed by atoms with Gasteiger partial charge in [-0.3, -0.25) is 9.88 Å². The lowest BCUT2D eigenvalue weighted by Crippen LogP contribution is -2.45. The van der Waals surface area contributed by atoms with E-state index in [9.17, 15) is 0 Å². The van der Waals surface area contributed by atoms with E-state index in [0.717, 1.165) is 56.2 Å². The summed E-state index contributed by atoms with van der Waals surface area (Å²) < 4.78 is 6.16. The fraction of sp³-hybridized carbons (Fsp3) is 0.421. The van der Waals surface area contributed by atoms with Crippen molar-refractivity contribution in [2.24, 2.45) is 0 Å². The molecule has 3 heterocycles. The molecule has 1 aromatic carbocycles. The molecule has 2 aliphatic rings. The van der Waals surface area contributed by atoms with Crippen LogP contribution in [0.5, 0.6) is 0 Å². The molecule has 1 saturated heterocycles. The number of benzene rings is 1. The predicted octanol–water partition coefficient (Wildman–Crippen LogP) is 2.83. The first kappa shape index (κ1) is 17.2. The van der Waals surface area contributed by atoms with E-state index in [1.807, 2.05) is 12.1 Å². The molecule has 1 fully saturated rings. The number of rotatable bonds is 2. The number of likely N-dealkylation sites (tertiary alicyclic amines) is 1. The molecule has 0 bridgehead atoms. The van der Waals surface area contributed by atoms with Gasteiger partial charge in [0.05, 0.1) is 17.6 Å². The second-order valence-corrected chi connectivity index (χ2v) is 7.09. The second-order valence-electron chi connectivity index (χ2n) is 6.74. The van der Waals surface area contributed by atoms with Gasteiger partial charge in [0.15, 0.2) is 5.82 Å². The summed E-state index contributed by atoms with van der Waals surface area (Å²) in [6.07, 6.45) is 7.47. The minimum atomic E-state index is 0.212. The fourth-order valence-electron chi connectivity index (χ4n) is 3.53. The molecule has 0 radical (unpaired) electrons. The first-order valence-corrected chi connectivity index (χ1v) is 9.42. The number of thiocarbonyl (C=S) groups is 1. The van der Waals surface area contributed by atoms with E-state index in [2.05, 4.69) is 43.8 Å². The van der Waals surface area contributed by atoms with Gasteiger partial charge < -0.3 is 14.5 Å². The number of hydrogen-bond acceptors (Lipinski definition) is 6. The highest BCUT2D eigenvalue weighted by molar-refractivity contribution is 7.80. The summed E-state index contributed by atoms with van der Waals surface area (Å²) in [4.78, 5) is 15.3. The lowest BCUT2D eigenvalue weighted by molar-refractivity contribution is 0.105. The van der Waals surface area contributed by atoms with Crippen molar-refractivity contribution in [2.45, 2.75) is 18.9 Å². The summed E-state index contributed by atoms with van der Waals surface area (Å²) >= 11 is 5.66. The molecule has 0 amide bonds. The van der Waals surface area contributed by atoms with Crippen LogP contribution >= 0.6 is 12.2 Å². The zero-order valence-corrected chi connectivity index (χ0v) is 15.7. The quantitative estimate of drug-likeness (QED) is 0.754. The lowest BCUT2D eigenvalue weighted by Gasteiger charge is -2.39. The van der Waals surface area contributed by atoms with Gasteiger partial charge in [-0.1, -0.05) is 12.1 Å². The molecule has 0 aliphatic carbocycles. The Morgan fingerprint density at radius 3 is 2.58 bits per heavy atom. The summed E-state index contributed by atoms with van der Waals surface area (Å²) in [6, 6.07) is 8.24. The number of nitrogens with zero attached hydrogens (tertiary/aromatic N) is 5. The SMILES string of the molecule is CN1CCC(OC(=S)N2CCN(c3cnccn3)c3ccccc32)CC1. The average molecular weight is 369 g/mol. The third kappa shape index (κ3) is 3.50. The molecular formula is C19H23N5OS. The molecule has 0 unspecified atom stereocenters. The number of ether oxygens (including phenoxy) is 1. The van der Waals surface area contributed by atoms with Crippen LogP contribution in [-0.2, 0) is 4.74 Å². The van der Waals surface area contributed by atoms with Crippen LogP contribution in [0.15, 0.2) is 42.9 Å². The zero-order valence-electron chi connectivity index (χ0n) is 14.9. The zero-order chi connectivity index (χ0) is 17.9. The molecule has 136 valence electrons. The van der Waals surface area contributed by atoms with E-state index in [1.54, 1.807) is 18.6 Å². The summed E-state index contributed by atoms with van der Waals surface area (Å²) in [6.45, 7) is 3.67. The molecule has 0 saturated carbocycles. The summed E-state index contributed by atoms with van der Waals surface area (Å²) in [5.74, 6) is 0.849. The molecule has 0 spiro atoms. The van der Waals surface area contributed by atoms with Crippen LogP contribution in [-0.4, -0.2) is 59.4 Å². The van der Waals surface area contributed by atoms with E-state index in [1.165, 1.54) is 0 Å². The summed E-state index contributed by atoms with van der Waals surface area (Å²) in [7, 11) is 2.15. The maximum Gasteiger partial charge on any atom is 0.264 e. The van der Waals surface area contributed by atoms with Gasteiger partial charge in [-0.2, -0.15) is 0 Å². The van der Waals surface area contributed by atoms with Crippen molar-refractivity contribution in [3.8, 4) is 0 Å². The van der Waals surface area contributed by atoms with Gasteiger partial charge in [0.1, 0.15) is 6.10 Å². The van der Waals surface area contributed by atoms with Crippen molar-refractivity contribution < 1.29 is 4.74 Å². The first-order chi connectivity index (χ1) is 12.7. The van der Waals surface area contributed by atoms with E-state index in [-0.39, 0.29) is 6.10 Å². The predicted molar refractivity (Wildman–Crippen MR) is 107 cm³/mol. The smallest absolute Gasteiger partial charge is 0.264 e.